The zero-order chi connectivity index (χ0) is 8.22. The molecule has 4 heteroatoms. The molecule has 0 spiro atoms. The lowest BCUT2D eigenvalue weighted by molar-refractivity contribution is 0.0124. The second-order valence-electron chi connectivity index (χ2n) is 3.20. The number of nitriles is 1. The van der Waals surface area contributed by atoms with Crippen LogP contribution in [0.15, 0.2) is 0 Å². The summed E-state index contributed by atoms with van der Waals surface area (Å²) in [4.78, 5) is 0. The van der Waals surface area contributed by atoms with Crippen LogP contribution in [-0.2, 0) is 4.74 Å². The minimum absolute atomic E-state index is 0.265. The average molecular weight is 155 g/mol. The Kier molecular flexibility index (Phi) is 1.12. The third-order valence-corrected chi connectivity index (χ3v) is 2.58. The predicted molar refractivity (Wildman–Crippen MR) is 34.4 cm³/mol. The number of nitrogens with zero attached hydrogens (tertiary/aromatic N) is 1. The van der Waals surface area contributed by atoms with E-state index in [9.17, 15) is 5.11 Å². The average Bonchev–Trinajstić information content (AvgIpc) is 2.40. The van der Waals surface area contributed by atoms with Gasteiger partial charge in [-0.2, -0.15) is 5.26 Å². The van der Waals surface area contributed by atoms with Crippen LogP contribution in [0.3, 0.4) is 0 Å². The van der Waals surface area contributed by atoms with E-state index in [0.717, 1.165) is 0 Å². The Morgan fingerprint density at radius 2 is 2.27 bits per heavy atom. The molecule has 1 aliphatic heterocycles. The summed E-state index contributed by atoms with van der Waals surface area (Å²) in [5.74, 6) is -0.581. The van der Waals surface area contributed by atoms with Gasteiger partial charge < -0.3 is 14.9 Å². The van der Waals surface area contributed by atoms with E-state index in [0.29, 0.717) is 0 Å². The van der Waals surface area contributed by atoms with Crippen molar-refractivity contribution in [2.45, 2.75) is 30.8 Å². The fraction of sp³-hybridized carbons (Fsp3) is 0.857. The van der Waals surface area contributed by atoms with Crippen molar-refractivity contribution in [2.24, 2.45) is 5.92 Å². The fourth-order valence-corrected chi connectivity index (χ4v) is 1.78. The van der Waals surface area contributed by atoms with Gasteiger partial charge in [-0.25, -0.2) is 0 Å². The minimum Gasteiger partial charge on any atom is -0.387 e. The number of fused-ring (bicyclic) bond motifs is 1. The van der Waals surface area contributed by atoms with E-state index < -0.39 is 23.7 Å². The summed E-state index contributed by atoms with van der Waals surface area (Å²) in [5.41, 5.74) is -1.27. The lowest BCUT2D eigenvalue weighted by atomic mass is 9.98. The normalized spacial score (nSPS) is 60.2. The third kappa shape index (κ3) is 0.590. The van der Waals surface area contributed by atoms with Gasteiger partial charge in [0.15, 0.2) is 0 Å². The Morgan fingerprint density at radius 1 is 1.64 bits per heavy atom. The summed E-state index contributed by atoms with van der Waals surface area (Å²) >= 11 is 0. The van der Waals surface area contributed by atoms with Gasteiger partial charge in [0.25, 0.3) is 0 Å². The van der Waals surface area contributed by atoms with Crippen molar-refractivity contribution >= 4 is 0 Å². The highest BCUT2D eigenvalue weighted by Crippen LogP contribution is 2.53. The zero-order valence-electron chi connectivity index (χ0n) is 6.06. The molecule has 60 valence electrons. The molecule has 1 saturated heterocycles. The van der Waals surface area contributed by atoms with Crippen molar-refractivity contribution in [3.63, 3.8) is 0 Å². The van der Waals surface area contributed by atoms with Crippen molar-refractivity contribution in [3.8, 4) is 6.07 Å². The van der Waals surface area contributed by atoms with E-state index in [-0.39, 0.29) is 6.10 Å². The number of hydrogen-bond acceptors (Lipinski definition) is 4. The molecule has 1 saturated carbocycles. The van der Waals surface area contributed by atoms with Gasteiger partial charge in [0.05, 0.1) is 12.2 Å². The van der Waals surface area contributed by atoms with Crippen LogP contribution < -0.4 is 0 Å². The molecule has 0 aromatic heterocycles. The van der Waals surface area contributed by atoms with Crippen LogP contribution in [0.25, 0.3) is 0 Å². The number of ether oxygens (including phenoxy) is 1. The van der Waals surface area contributed by atoms with Gasteiger partial charge in [0.2, 0.25) is 0 Å². The van der Waals surface area contributed by atoms with Crippen molar-refractivity contribution in [1.29, 1.82) is 5.26 Å². The molecule has 0 bridgehead atoms. The number of aliphatic hydroxyl groups is 2. The van der Waals surface area contributed by atoms with Crippen LogP contribution in [0.4, 0.5) is 0 Å². The van der Waals surface area contributed by atoms with E-state index in [4.69, 9.17) is 15.1 Å². The molecule has 4 nitrogen and oxygen atoms in total. The van der Waals surface area contributed by atoms with Crippen LogP contribution in [-0.4, -0.2) is 34.1 Å². The molecule has 2 fully saturated rings. The Bertz CT molecular complexity index is 236. The Labute approximate surface area is 64.0 Å². The molecular formula is C7H9NO3. The van der Waals surface area contributed by atoms with E-state index in [2.05, 4.69) is 0 Å². The Morgan fingerprint density at radius 3 is 2.64 bits per heavy atom. The van der Waals surface area contributed by atoms with Gasteiger partial charge in [-0.05, 0) is 6.92 Å². The van der Waals surface area contributed by atoms with Gasteiger partial charge in [-0.15, -0.1) is 0 Å². The van der Waals surface area contributed by atoms with Crippen molar-refractivity contribution < 1.29 is 14.9 Å². The summed E-state index contributed by atoms with van der Waals surface area (Å²) in [7, 11) is 0. The quantitative estimate of drug-likeness (QED) is 0.471. The molecule has 0 aromatic carbocycles. The maximum Gasteiger partial charge on any atom is 0.140 e. The smallest absolute Gasteiger partial charge is 0.140 e. The number of aliphatic hydroxyl groups excluding tert-OH is 1. The van der Waals surface area contributed by atoms with Crippen molar-refractivity contribution in [3.05, 3.63) is 0 Å². The molecular weight excluding hydrogens is 146 g/mol. The first-order valence-corrected chi connectivity index (χ1v) is 3.58. The Hall–Kier alpha value is -0.630. The molecule has 0 amide bonds. The molecule has 0 radical (unpaired) electrons. The molecule has 2 rings (SSSR count). The largest absolute Gasteiger partial charge is 0.387 e. The number of rotatable bonds is 0. The molecule has 1 unspecified atom stereocenters. The van der Waals surface area contributed by atoms with Crippen LogP contribution >= 0.6 is 0 Å². The highest BCUT2D eigenvalue weighted by Gasteiger charge is 2.75. The summed E-state index contributed by atoms with van der Waals surface area (Å²) in [6, 6.07) is 1.94. The lowest BCUT2D eigenvalue weighted by Crippen LogP contribution is -2.30. The third-order valence-electron chi connectivity index (χ3n) is 2.58. The molecule has 1 heterocycles. The van der Waals surface area contributed by atoms with Crippen molar-refractivity contribution in [2.75, 3.05) is 0 Å². The molecule has 0 aromatic rings. The molecule has 2 N–H and O–H groups in total. The van der Waals surface area contributed by atoms with Crippen LogP contribution in [0, 0.1) is 17.2 Å². The van der Waals surface area contributed by atoms with Crippen LogP contribution in [0.5, 0.6) is 0 Å². The summed E-state index contributed by atoms with van der Waals surface area (Å²) < 4.78 is 5.13. The number of hydrogen-bond donors (Lipinski definition) is 2. The SMILES string of the molecule is C[C@@H]1O[C@@H]2C(O)[C@]2(O)[C@@H]1C#N. The topological polar surface area (TPSA) is 73.5 Å². The second kappa shape index (κ2) is 1.75. The first-order chi connectivity index (χ1) is 5.12. The maximum absolute atomic E-state index is 9.57. The van der Waals surface area contributed by atoms with Crippen LogP contribution in [0.2, 0.25) is 0 Å². The highest BCUT2D eigenvalue weighted by molar-refractivity contribution is 5.28. The maximum atomic E-state index is 9.57. The summed E-state index contributed by atoms with van der Waals surface area (Å²) in [6.07, 6.45) is -1.65. The summed E-state index contributed by atoms with van der Waals surface area (Å²) in [5, 5.41) is 27.3. The van der Waals surface area contributed by atoms with Crippen LogP contribution in [0.1, 0.15) is 6.92 Å². The zero-order valence-corrected chi connectivity index (χ0v) is 6.06. The standard InChI is InChI=1S/C7H9NO3/c1-3-4(2-8)7(10)5(9)6(7)11-3/h3-6,9-10H,1H3/t3-,4+,5?,6+,7+/m0/s1. The van der Waals surface area contributed by atoms with E-state index >= 15 is 0 Å². The minimum atomic E-state index is -1.27. The van der Waals surface area contributed by atoms with E-state index in [1.54, 1.807) is 6.92 Å². The summed E-state index contributed by atoms with van der Waals surface area (Å²) in [6.45, 7) is 1.73. The molecule has 1 aliphatic carbocycles. The van der Waals surface area contributed by atoms with Gasteiger partial charge in [0, 0.05) is 0 Å². The van der Waals surface area contributed by atoms with E-state index in [1.807, 2.05) is 6.07 Å². The van der Waals surface area contributed by atoms with Gasteiger partial charge in [-0.3, -0.25) is 0 Å². The first kappa shape index (κ1) is 7.04. The molecule has 5 atom stereocenters. The Balaban J connectivity index is 2.26. The van der Waals surface area contributed by atoms with E-state index in [1.165, 1.54) is 0 Å². The fourth-order valence-electron chi connectivity index (χ4n) is 1.78. The highest BCUT2D eigenvalue weighted by atomic mass is 16.6. The molecule has 2 aliphatic rings. The van der Waals surface area contributed by atoms with Crippen molar-refractivity contribution in [1.82, 2.24) is 0 Å². The first-order valence-electron chi connectivity index (χ1n) is 3.58. The van der Waals surface area contributed by atoms with Gasteiger partial charge >= 0.3 is 0 Å². The predicted octanol–water partition coefficient (Wildman–Crippen LogP) is -0.981. The monoisotopic (exact) mass is 155 g/mol. The van der Waals surface area contributed by atoms with Gasteiger partial charge in [-0.1, -0.05) is 0 Å². The second-order valence-corrected chi connectivity index (χ2v) is 3.20. The van der Waals surface area contributed by atoms with Gasteiger partial charge in [0.1, 0.15) is 23.7 Å². The molecule has 11 heavy (non-hydrogen) atoms. The lowest BCUT2D eigenvalue weighted by Gasteiger charge is -2.14.